The zero-order valence-electron chi connectivity index (χ0n) is 9.06. The zero-order valence-corrected chi connectivity index (χ0v) is 10.6. The summed E-state index contributed by atoms with van der Waals surface area (Å²) >= 11 is 3.38. The van der Waals surface area contributed by atoms with Crippen LogP contribution >= 0.6 is 15.9 Å². The molecular formula is C13H11BrN2O. The van der Waals surface area contributed by atoms with Crippen LogP contribution in [-0.2, 0) is 5.33 Å². The lowest BCUT2D eigenvalue weighted by atomic mass is 10.2. The molecule has 0 saturated carbocycles. The molecule has 1 aromatic carbocycles. The zero-order chi connectivity index (χ0) is 12.1. The Balaban J connectivity index is 2.13. The van der Waals surface area contributed by atoms with Gasteiger partial charge in [-0.15, -0.1) is 0 Å². The summed E-state index contributed by atoms with van der Waals surface area (Å²) in [5.74, 6) is -0.197. The predicted molar refractivity (Wildman–Crippen MR) is 71.3 cm³/mol. The summed E-state index contributed by atoms with van der Waals surface area (Å²) in [5, 5.41) is 3.57. The van der Waals surface area contributed by atoms with Crippen LogP contribution in [-0.4, -0.2) is 10.9 Å². The molecule has 0 radical (unpaired) electrons. The van der Waals surface area contributed by atoms with Crippen molar-refractivity contribution in [2.24, 2.45) is 0 Å². The number of carbonyl (C=O) groups excluding carboxylic acids is 1. The number of amides is 1. The van der Waals surface area contributed by atoms with E-state index in [1.165, 1.54) is 0 Å². The van der Waals surface area contributed by atoms with Gasteiger partial charge >= 0.3 is 0 Å². The first-order valence-electron chi connectivity index (χ1n) is 5.17. The van der Waals surface area contributed by atoms with E-state index in [1.807, 2.05) is 24.3 Å². The predicted octanol–water partition coefficient (Wildman–Crippen LogP) is 3.23. The fourth-order valence-electron chi connectivity index (χ4n) is 1.42. The van der Waals surface area contributed by atoms with Gasteiger partial charge in [0.05, 0.1) is 0 Å². The molecule has 0 unspecified atom stereocenters. The van der Waals surface area contributed by atoms with E-state index in [0.29, 0.717) is 5.69 Å². The number of aromatic nitrogens is 1. The molecule has 1 N–H and O–H groups in total. The molecule has 0 bridgehead atoms. The van der Waals surface area contributed by atoms with Crippen molar-refractivity contribution in [3.8, 4) is 0 Å². The van der Waals surface area contributed by atoms with Crippen molar-refractivity contribution in [3.05, 3.63) is 59.9 Å². The molecule has 1 amide bonds. The Morgan fingerprint density at radius 2 is 2.12 bits per heavy atom. The summed E-state index contributed by atoms with van der Waals surface area (Å²) in [6, 6.07) is 12.9. The number of carbonyl (C=O) groups is 1. The lowest BCUT2D eigenvalue weighted by Crippen LogP contribution is -2.13. The highest BCUT2D eigenvalue weighted by molar-refractivity contribution is 9.08. The van der Waals surface area contributed by atoms with Gasteiger partial charge in [-0.25, -0.2) is 0 Å². The fraction of sp³-hybridized carbons (Fsp3) is 0.0769. The third-order valence-electron chi connectivity index (χ3n) is 2.24. The van der Waals surface area contributed by atoms with E-state index in [2.05, 4.69) is 26.2 Å². The van der Waals surface area contributed by atoms with Gasteiger partial charge in [0.15, 0.2) is 0 Å². The van der Waals surface area contributed by atoms with Crippen LogP contribution in [0.15, 0.2) is 48.7 Å². The van der Waals surface area contributed by atoms with E-state index < -0.39 is 0 Å². The number of halogens is 1. The van der Waals surface area contributed by atoms with Crippen molar-refractivity contribution in [2.75, 3.05) is 5.32 Å². The van der Waals surface area contributed by atoms with Crippen molar-refractivity contribution in [1.82, 2.24) is 4.98 Å². The Morgan fingerprint density at radius 3 is 2.82 bits per heavy atom. The molecule has 2 rings (SSSR count). The second-order valence-corrected chi connectivity index (χ2v) is 4.06. The van der Waals surface area contributed by atoms with Gasteiger partial charge in [0, 0.05) is 17.2 Å². The fourth-order valence-corrected chi connectivity index (χ4v) is 1.77. The number of nitrogens with one attached hydrogen (secondary N) is 1. The monoisotopic (exact) mass is 290 g/mol. The number of anilines is 1. The van der Waals surface area contributed by atoms with E-state index >= 15 is 0 Å². The Hall–Kier alpha value is -1.68. The van der Waals surface area contributed by atoms with Crippen LogP contribution in [0.4, 0.5) is 5.69 Å². The maximum absolute atomic E-state index is 11.8. The Labute approximate surface area is 108 Å². The molecule has 0 aliphatic rings. The third-order valence-corrected chi connectivity index (χ3v) is 2.88. The van der Waals surface area contributed by atoms with E-state index in [0.717, 1.165) is 16.6 Å². The first-order valence-corrected chi connectivity index (χ1v) is 6.29. The average molecular weight is 291 g/mol. The molecule has 0 spiro atoms. The number of hydrogen-bond acceptors (Lipinski definition) is 2. The molecule has 17 heavy (non-hydrogen) atoms. The van der Waals surface area contributed by atoms with Crippen LogP contribution in [0.3, 0.4) is 0 Å². The Bertz CT molecular complexity index is 514. The van der Waals surface area contributed by atoms with Gasteiger partial charge in [0.2, 0.25) is 0 Å². The quantitative estimate of drug-likeness (QED) is 0.882. The third kappa shape index (κ3) is 3.14. The van der Waals surface area contributed by atoms with Crippen LogP contribution in [0.25, 0.3) is 0 Å². The summed E-state index contributed by atoms with van der Waals surface area (Å²) in [4.78, 5) is 15.8. The highest BCUT2D eigenvalue weighted by atomic mass is 79.9. The number of pyridine rings is 1. The summed E-state index contributed by atoms with van der Waals surface area (Å²) in [6.45, 7) is 0. The van der Waals surface area contributed by atoms with Gasteiger partial charge in [-0.2, -0.15) is 0 Å². The largest absolute Gasteiger partial charge is 0.321 e. The maximum atomic E-state index is 11.8. The minimum atomic E-state index is -0.197. The lowest BCUT2D eigenvalue weighted by Gasteiger charge is -2.05. The number of nitrogens with zero attached hydrogens (tertiary/aromatic N) is 1. The molecule has 86 valence electrons. The van der Waals surface area contributed by atoms with E-state index in [9.17, 15) is 4.79 Å². The van der Waals surface area contributed by atoms with Crippen LogP contribution < -0.4 is 5.32 Å². The van der Waals surface area contributed by atoms with Gasteiger partial charge < -0.3 is 5.32 Å². The summed E-state index contributed by atoms with van der Waals surface area (Å²) in [7, 11) is 0. The normalized spacial score (nSPS) is 9.94. The van der Waals surface area contributed by atoms with Crippen LogP contribution in [0.5, 0.6) is 0 Å². The number of rotatable bonds is 3. The minimum Gasteiger partial charge on any atom is -0.321 e. The number of alkyl halides is 1. The first kappa shape index (κ1) is 11.8. The van der Waals surface area contributed by atoms with Crippen molar-refractivity contribution < 1.29 is 4.79 Å². The van der Waals surface area contributed by atoms with Crippen LogP contribution in [0.2, 0.25) is 0 Å². The average Bonchev–Trinajstić information content (AvgIpc) is 2.40. The van der Waals surface area contributed by atoms with E-state index in [4.69, 9.17) is 0 Å². The molecule has 0 saturated heterocycles. The van der Waals surface area contributed by atoms with Crippen LogP contribution in [0, 0.1) is 0 Å². The van der Waals surface area contributed by atoms with Crippen molar-refractivity contribution in [3.63, 3.8) is 0 Å². The van der Waals surface area contributed by atoms with Gasteiger partial charge in [0.25, 0.3) is 5.91 Å². The summed E-state index contributed by atoms with van der Waals surface area (Å²) in [5.41, 5.74) is 2.30. The number of hydrogen-bond donors (Lipinski definition) is 1. The minimum absolute atomic E-state index is 0.197. The molecule has 1 heterocycles. The van der Waals surface area contributed by atoms with E-state index in [-0.39, 0.29) is 5.91 Å². The van der Waals surface area contributed by atoms with Crippen molar-refractivity contribution in [1.29, 1.82) is 0 Å². The standard InChI is InChI=1S/C13H11BrN2O/c14-9-10-4-3-5-11(8-10)16-13(17)12-6-1-2-7-15-12/h1-8H,9H2,(H,16,17). The highest BCUT2D eigenvalue weighted by Crippen LogP contribution is 2.13. The Kier molecular flexibility index (Phi) is 3.88. The second kappa shape index (κ2) is 5.59. The second-order valence-electron chi connectivity index (χ2n) is 3.50. The molecule has 4 heteroatoms. The van der Waals surface area contributed by atoms with Crippen LogP contribution in [0.1, 0.15) is 16.1 Å². The van der Waals surface area contributed by atoms with Gasteiger partial charge in [-0.05, 0) is 29.8 Å². The molecule has 0 fully saturated rings. The molecule has 0 aliphatic heterocycles. The van der Waals surface area contributed by atoms with Gasteiger partial charge in [0.1, 0.15) is 5.69 Å². The Morgan fingerprint density at radius 1 is 1.24 bits per heavy atom. The molecule has 2 aromatic rings. The van der Waals surface area contributed by atoms with Gasteiger partial charge in [-0.3, -0.25) is 9.78 Å². The molecule has 1 aromatic heterocycles. The highest BCUT2D eigenvalue weighted by Gasteiger charge is 2.06. The van der Waals surface area contributed by atoms with Crippen molar-refractivity contribution in [2.45, 2.75) is 5.33 Å². The summed E-state index contributed by atoms with van der Waals surface area (Å²) < 4.78 is 0. The SMILES string of the molecule is O=C(Nc1cccc(CBr)c1)c1ccccn1. The first-order chi connectivity index (χ1) is 8.29. The molecule has 0 aliphatic carbocycles. The lowest BCUT2D eigenvalue weighted by molar-refractivity contribution is 0.102. The van der Waals surface area contributed by atoms with Crippen molar-refractivity contribution >= 4 is 27.5 Å². The molecule has 0 atom stereocenters. The molecule has 3 nitrogen and oxygen atoms in total. The van der Waals surface area contributed by atoms with E-state index in [1.54, 1.807) is 24.4 Å². The smallest absolute Gasteiger partial charge is 0.274 e. The van der Waals surface area contributed by atoms with Gasteiger partial charge in [-0.1, -0.05) is 34.1 Å². The molecular weight excluding hydrogens is 280 g/mol. The summed E-state index contributed by atoms with van der Waals surface area (Å²) in [6.07, 6.45) is 1.60. The number of benzene rings is 1. The topological polar surface area (TPSA) is 42.0 Å². The maximum Gasteiger partial charge on any atom is 0.274 e.